The zero-order valence-electron chi connectivity index (χ0n) is 16.2. The number of pyridine rings is 1. The summed E-state index contributed by atoms with van der Waals surface area (Å²) in [6, 6.07) is 14.5. The topological polar surface area (TPSA) is 63.9 Å². The van der Waals surface area contributed by atoms with E-state index in [4.69, 9.17) is 14.2 Å². The lowest BCUT2D eigenvalue weighted by atomic mass is 9.99. The molecule has 1 N–H and O–H groups in total. The number of hydrogen-bond acceptors (Lipinski definition) is 4. The second-order valence-electron chi connectivity index (χ2n) is 6.98. The van der Waals surface area contributed by atoms with E-state index < -0.39 is 0 Å². The van der Waals surface area contributed by atoms with Gasteiger partial charge in [0.25, 0.3) is 0 Å². The first-order valence-electron chi connectivity index (χ1n) is 9.25. The Morgan fingerprint density at radius 1 is 1.03 bits per heavy atom. The number of aromatic amines is 1. The van der Waals surface area contributed by atoms with Crippen LogP contribution in [-0.2, 0) is 0 Å². The van der Waals surface area contributed by atoms with Crippen molar-refractivity contribution in [1.82, 2.24) is 15.1 Å². The monoisotopic (exact) mass is 495 g/mol. The van der Waals surface area contributed by atoms with Crippen LogP contribution in [0.3, 0.4) is 0 Å². The summed E-state index contributed by atoms with van der Waals surface area (Å²) < 4.78 is 12.3. The smallest absolute Gasteiger partial charge is 0.141 e. The minimum absolute atomic E-state index is 0.775. The summed E-state index contributed by atoms with van der Waals surface area (Å²) in [5, 5.41) is 6.27. The summed E-state index contributed by atoms with van der Waals surface area (Å²) in [6.45, 7) is 3.86. The van der Waals surface area contributed by atoms with Gasteiger partial charge in [-0.15, -0.1) is 0 Å². The average molecular weight is 495 g/mol. The fourth-order valence-electron chi connectivity index (χ4n) is 3.96. The molecule has 144 valence electrons. The number of nitrogens with one attached hydrogen (secondary N) is 1. The fourth-order valence-corrected chi connectivity index (χ4v) is 4.61. The van der Waals surface area contributed by atoms with E-state index in [0.29, 0.717) is 0 Å². The Kier molecular flexibility index (Phi) is 4.31. The first kappa shape index (κ1) is 18.2. The number of methoxy groups -OCH3 is 1. The summed E-state index contributed by atoms with van der Waals surface area (Å²) in [7, 11) is 1.69. The van der Waals surface area contributed by atoms with Gasteiger partial charge in [-0.1, -0.05) is 23.4 Å². The van der Waals surface area contributed by atoms with Crippen molar-refractivity contribution >= 4 is 44.4 Å². The first-order chi connectivity index (χ1) is 14.1. The highest BCUT2D eigenvalue weighted by atomic mass is 127. The third-order valence-electron chi connectivity index (χ3n) is 5.26. The van der Waals surface area contributed by atoms with Gasteiger partial charge in [0.2, 0.25) is 0 Å². The van der Waals surface area contributed by atoms with Gasteiger partial charge in [-0.3, -0.25) is 4.98 Å². The van der Waals surface area contributed by atoms with Crippen LogP contribution in [0.15, 0.2) is 53.2 Å². The largest absolute Gasteiger partial charge is 0.496 e. The molecular formula is C23H18IN3O2. The van der Waals surface area contributed by atoms with Crippen LogP contribution >= 0.6 is 22.6 Å². The van der Waals surface area contributed by atoms with E-state index in [2.05, 4.69) is 57.0 Å². The van der Waals surface area contributed by atoms with Crippen LogP contribution in [0.25, 0.3) is 44.2 Å². The standard InChI is InChI=1S/C23H18IN3O2/c1-12-21(13(2)29-27-12)16-10-19-15(11-20(16)28-3)22-18(26-19)8-9-25-23(22)14-6-4-5-7-17(14)24/h4-11,26H,1-3H3. The van der Waals surface area contributed by atoms with Gasteiger partial charge in [0.05, 0.1) is 29.6 Å². The molecule has 0 aliphatic rings. The molecule has 0 saturated carbocycles. The molecule has 29 heavy (non-hydrogen) atoms. The van der Waals surface area contributed by atoms with Crippen molar-refractivity contribution in [3.63, 3.8) is 0 Å². The minimum atomic E-state index is 0.775. The van der Waals surface area contributed by atoms with E-state index in [9.17, 15) is 0 Å². The third kappa shape index (κ3) is 2.81. The lowest BCUT2D eigenvalue weighted by molar-refractivity contribution is 0.393. The van der Waals surface area contributed by atoms with E-state index in [1.54, 1.807) is 7.11 Å². The summed E-state index contributed by atoms with van der Waals surface area (Å²) in [6.07, 6.45) is 1.85. The Bertz CT molecular complexity index is 1360. The fraction of sp³-hybridized carbons (Fsp3) is 0.130. The van der Waals surface area contributed by atoms with Gasteiger partial charge >= 0.3 is 0 Å². The molecule has 0 amide bonds. The predicted molar refractivity (Wildman–Crippen MR) is 123 cm³/mol. The molecular weight excluding hydrogens is 477 g/mol. The third-order valence-corrected chi connectivity index (χ3v) is 6.20. The van der Waals surface area contributed by atoms with Gasteiger partial charge in [0, 0.05) is 37.2 Å². The second kappa shape index (κ2) is 6.88. The number of H-pyrrole nitrogens is 1. The average Bonchev–Trinajstić information content (AvgIpc) is 3.26. The number of fused-ring (bicyclic) bond motifs is 3. The van der Waals surface area contributed by atoms with E-state index in [-0.39, 0.29) is 0 Å². The van der Waals surface area contributed by atoms with Crippen LogP contribution < -0.4 is 4.74 Å². The molecule has 0 radical (unpaired) electrons. The second-order valence-corrected chi connectivity index (χ2v) is 8.15. The Hall–Kier alpha value is -2.87. The lowest BCUT2D eigenvalue weighted by Crippen LogP contribution is -1.91. The van der Waals surface area contributed by atoms with Crippen LogP contribution in [0, 0.1) is 17.4 Å². The highest BCUT2D eigenvalue weighted by Crippen LogP contribution is 2.41. The van der Waals surface area contributed by atoms with E-state index in [1.807, 2.05) is 38.2 Å². The summed E-state index contributed by atoms with van der Waals surface area (Å²) in [5.41, 5.74) is 6.93. The maximum atomic E-state index is 5.77. The highest BCUT2D eigenvalue weighted by molar-refractivity contribution is 14.1. The molecule has 0 bridgehead atoms. The normalized spacial score (nSPS) is 11.4. The maximum absolute atomic E-state index is 5.77. The van der Waals surface area contributed by atoms with Gasteiger partial charge in [-0.2, -0.15) is 0 Å². The molecule has 3 aromatic heterocycles. The molecule has 0 spiro atoms. The van der Waals surface area contributed by atoms with Crippen LogP contribution in [0.1, 0.15) is 11.5 Å². The van der Waals surface area contributed by atoms with Gasteiger partial charge < -0.3 is 14.2 Å². The van der Waals surface area contributed by atoms with Crippen molar-refractivity contribution in [3.8, 4) is 28.1 Å². The number of aryl methyl sites for hydroxylation is 2. The SMILES string of the molecule is COc1cc2c(cc1-c1c(C)noc1C)[nH]c1ccnc(-c3ccccc3I)c12. The Morgan fingerprint density at radius 2 is 1.86 bits per heavy atom. The quantitative estimate of drug-likeness (QED) is 0.300. The van der Waals surface area contributed by atoms with Crippen molar-refractivity contribution in [3.05, 3.63) is 63.7 Å². The number of halogens is 1. The van der Waals surface area contributed by atoms with E-state index in [1.165, 1.54) is 3.57 Å². The van der Waals surface area contributed by atoms with E-state index in [0.717, 1.165) is 61.4 Å². The lowest BCUT2D eigenvalue weighted by Gasteiger charge is -2.10. The Morgan fingerprint density at radius 3 is 2.59 bits per heavy atom. The van der Waals surface area contributed by atoms with Crippen LogP contribution in [0.5, 0.6) is 5.75 Å². The van der Waals surface area contributed by atoms with Gasteiger partial charge in [-0.05, 0) is 60.7 Å². The molecule has 2 aromatic carbocycles. The van der Waals surface area contributed by atoms with Crippen molar-refractivity contribution in [2.24, 2.45) is 0 Å². The molecule has 3 heterocycles. The predicted octanol–water partition coefficient (Wildman–Crippen LogP) is 6.27. The van der Waals surface area contributed by atoms with Gasteiger partial charge in [-0.25, -0.2) is 0 Å². The van der Waals surface area contributed by atoms with Crippen molar-refractivity contribution in [2.45, 2.75) is 13.8 Å². The highest BCUT2D eigenvalue weighted by Gasteiger charge is 2.20. The summed E-state index contributed by atoms with van der Waals surface area (Å²) >= 11 is 2.36. The molecule has 5 nitrogen and oxygen atoms in total. The molecule has 6 heteroatoms. The van der Waals surface area contributed by atoms with Gasteiger partial charge in [0.15, 0.2) is 0 Å². The first-order valence-corrected chi connectivity index (χ1v) is 10.3. The minimum Gasteiger partial charge on any atom is -0.496 e. The number of hydrogen-bond donors (Lipinski definition) is 1. The molecule has 0 saturated heterocycles. The molecule has 0 atom stereocenters. The van der Waals surface area contributed by atoms with Crippen LogP contribution in [0.2, 0.25) is 0 Å². The number of ether oxygens (including phenoxy) is 1. The number of benzene rings is 2. The Labute approximate surface area is 181 Å². The molecule has 0 aliphatic carbocycles. The zero-order chi connectivity index (χ0) is 20.1. The molecule has 0 fully saturated rings. The Balaban J connectivity index is 1.86. The molecule has 0 unspecified atom stereocenters. The van der Waals surface area contributed by atoms with Gasteiger partial charge in [0.1, 0.15) is 11.5 Å². The van der Waals surface area contributed by atoms with Crippen molar-refractivity contribution < 1.29 is 9.26 Å². The maximum Gasteiger partial charge on any atom is 0.141 e. The zero-order valence-corrected chi connectivity index (χ0v) is 18.4. The summed E-state index contributed by atoms with van der Waals surface area (Å²) in [5.74, 6) is 1.56. The van der Waals surface area contributed by atoms with E-state index >= 15 is 0 Å². The number of rotatable bonds is 3. The summed E-state index contributed by atoms with van der Waals surface area (Å²) in [4.78, 5) is 8.28. The van der Waals surface area contributed by atoms with Crippen LogP contribution in [-0.4, -0.2) is 22.2 Å². The van der Waals surface area contributed by atoms with Crippen molar-refractivity contribution in [2.75, 3.05) is 7.11 Å². The number of aromatic nitrogens is 3. The molecule has 5 aromatic rings. The molecule has 5 rings (SSSR count). The van der Waals surface area contributed by atoms with Crippen LogP contribution in [0.4, 0.5) is 0 Å². The van der Waals surface area contributed by atoms with Crippen molar-refractivity contribution in [1.29, 1.82) is 0 Å². The number of nitrogens with zero attached hydrogens (tertiary/aromatic N) is 2. The molecule has 0 aliphatic heterocycles.